The van der Waals surface area contributed by atoms with Crippen molar-refractivity contribution in [2.75, 3.05) is 10.6 Å². The predicted octanol–water partition coefficient (Wildman–Crippen LogP) is 0.938. The predicted molar refractivity (Wildman–Crippen MR) is 87.9 cm³/mol. The molecule has 1 aromatic carbocycles. The van der Waals surface area contributed by atoms with E-state index in [1.807, 2.05) is 0 Å². The molecule has 0 bridgehead atoms. The Hall–Kier alpha value is -3.56. The van der Waals surface area contributed by atoms with Crippen molar-refractivity contribution in [3.8, 4) is 0 Å². The number of nitrogens with zero attached hydrogens (tertiary/aromatic N) is 4. The van der Waals surface area contributed by atoms with Crippen molar-refractivity contribution in [3.05, 3.63) is 40.9 Å². The fourth-order valence-electron chi connectivity index (χ4n) is 2.23. The first-order valence-electron chi connectivity index (χ1n) is 7.34. The summed E-state index contributed by atoms with van der Waals surface area (Å²) < 4.78 is 5.72. The quantitative estimate of drug-likeness (QED) is 0.721. The summed E-state index contributed by atoms with van der Waals surface area (Å²) in [7, 11) is 0. The standard InChI is InChI=1S/C15H14N6O4/c1-8(14(23)18-13-12(17-9(2)22)19-25-20-13)21-7-16-11-6-4-3-5-10(11)15(21)24/h3-8H,1-2H3,(H,17,19,22)(H,18,20,23). The Bertz CT molecular complexity index is 1010. The molecule has 2 amide bonds. The minimum atomic E-state index is -0.869. The summed E-state index contributed by atoms with van der Waals surface area (Å²) >= 11 is 0. The van der Waals surface area contributed by atoms with Crippen molar-refractivity contribution < 1.29 is 14.2 Å². The highest BCUT2D eigenvalue weighted by Crippen LogP contribution is 2.17. The largest absolute Gasteiger partial charge is 0.305 e. The number of carbonyl (C=O) groups is 2. The minimum absolute atomic E-state index is 0.0166. The van der Waals surface area contributed by atoms with E-state index in [4.69, 9.17) is 0 Å². The molecule has 128 valence electrons. The second kappa shape index (κ2) is 6.51. The van der Waals surface area contributed by atoms with Crippen LogP contribution in [0.1, 0.15) is 19.9 Å². The zero-order chi connectivity index (χ0) is 18.0. The number of benzene rings is 1. The highest BCUT2D eigenvalue weighted by molar-refractivity contribution is 5.97. The van der Waals surface area contributed by atoms with E-state index < -0.39 is 17.9 Å². The first-order valence-corrected chi connectivity index (χ1v) is 7.34. The number of nitrogens with one attached hydrogen (secondary N) is 2. The van der Waals surface area contributed by atoms with Crippen LogP contribution in [0.3, 0.4) is 0 Å². The Balaban J connectivity index is 1.86. The molecular weight excluding hydrogens is 328 g/mol. The van der Waals surface area contributed by atoms with Crippen molar-refractivity contribution in [2.45, 2.75) is 19.9 Å². The average Bonchev–Trinajstić information content (AvgIpc) is 3.01. The molecule has 3 aromatic rings. The lowest BCUT2D eigenvalue weighted by Crippen LogP contribution is -2.32. The molecule has 1 atom stereocenters. The second-order valence-corrected chi connectivity index (χ2v) is 5.28. The minimum Gasteiger partial charge on any atom is -0.305 e. The molecule has 0 aliphatic heterocycles. The molecule has 2 heterocycles. The van der Waals surface area contributed by atoms with Gasteiger partial charge in [0.15, 0.2) is 0 Å². The Morgan fingerprint density at radius 2 is 1.84 bits per heavy atom. The zero-order valence-corrected chi connectivity index (χ0v) is 13.4. The molecular formula is C15H14N6O4. The van der Waals surface area contributed by atoms with Crippen molar-refractivity contribution in [2.24, 2.45) is 0 Å². The molecule has 0 spiro atoms. The van der Waals surface area contributed by atoms with E-state index >= 15 is 0 Å². The van der Waals surface area contributed by atoms with Crippen LogP contribution in [-0.2, 0) is 9.59 Å². The van der Waals surface area contributed by atoms with Gasteiger partial charge in [-0.1, -0.05) is 12.1 Å². The molecule has 1 unspecified atom stereocenters. The molecule has 2 aromatic heterocycles. The normalized spacial score (nSPS) is 11.9. The summed E-state index contributed by atoms with van der Waals surface area (Å²) in [5, 5.41) is 12.2. The van der Waals surface area contributed by atoms with E-state index in [0.717, 1.165) is 0 Å². The Morgan fingerprint density at radius 3 is 2.56 bits per heavy atom. The molecule has 10 heteroatoms. The monoisotopic (exact) mass is 342 g/mol. The van der Waals surface area contributed by atoms with E-state index in [9.17, 15) is 14.4 Å². The molecule has 10 nitrogen and oxygen atoms in total. The van der Waals surface area contributed by atoms with Crippen LogP contribution in [0.25, 0.3) is 10.9 Å². The number of anilines is 2. The van der Waals surface area contributed by atoms with Gasteiger partial charge in [-0.15, -0.1) is 0 Å². The van der Waals surface area contributed by atoms with Crippen molar-refractivity contribution in [1.29, 1.82) is 0 Å². The summed E-state index contributed by atoms with van der Waals surface area (Å²) in [5.74, 6) is -0.999. The van der Waals surface area contributed by atoms with Gasteiger partial charge in [0, 0.05) is 6.92 Å². The number of carbonyl (C=O) groups excluding carboxylic acids is 2. The van der Waals surface area contributed by atoms with Crippen LogP contribution < -0.4 is 16.2 Å². The van der Waals surface area contributed by atoms with E-state index in [1.165, 1.54) is 17.8 Å². The number of rotatable bonds is 4. The summed E-state index contributed by atoms with van der Waals surface area (Å²) in [6.45, 7) is 2.82. The second-order valence-electron chi connectivity index (χ2n) is 5.28. The average molecular weight is 342 g/mol. The maximum absolute atomic E-state index is 12.5. The van der Waals surface area contributed by atoms with Crippen molar-refractivity contribution in [1.82, 2.24) is 19.9 Å². The van der Waals surface area contributed by atoms with Crippen LogP contribution in [0.4, 0.5) is 11.6 Å². The van der Waals surface area contributed by atoms with Gasteiger partial charge in [-0.05, 0) is 29.4 Å². The highest BCUT2D eigenvalue weighted by Gasteiger charge is 2.21. The van der Waals surface area contributed by atoms with E-state index in [1.54, 1.807) is 31.2 Å². The number of para-hydroxylation sites is 1. The maximum Gasteiger partial charge on any atom is 0.261 e. The number of hydrogen-bond donors (Lipinski definition) is 2. The summed E-state index contributed by atoms with van der Waals surface area (Å²) in [5.41, 5.74) is 0.207. The van der Waals surface area contributed by atoms with Gasteiger partial charge in [0.1, 0.15) is 6.04 Å². The van der Waals surface area contributed by atoms with E-state index in [2.05, 4.69) is 30.6 Å². The van der Waals surface area contributed by atoms with Gasteiger partial charge in [-0.3, -0.25) is 19.0 Å². The van der Waals surface area contributed by atoms with Crippen LogP contribution in [0.15, 0.2) is 40.0 Å². The van der Waals surface area contributed by atoms with Gasteiger partial charge in [0.25, 0.3) is 5.56 Å². The fourth-order valence-corrected chi connectivity index (χ4v) is 2.23. The van der Waals surface area contributed by atoms with Crippen LogP contribution >= 0.6 is 0 Å². The Morgan fingerprint density at radius 1 is 1.16 bits per heavy atom. The molecule has 0 saturated carbocycles. The third-order valence-electron chi connectivity index (χ3n) is 3.51. The van der Waals surface area contributed by atoms with Gasteiger partial charge in [-0.25, -0.2) is 9.61 Å². The van der Waals surface area contributed by atoms with Gasteiger partial charge >= 0.3 is 0 Å². The van der Waals surface area contributed by atoms with Gasteiger partial charge in [0.05, 0.1) is 17.2 Å². The number of amides is 2. The summed E-state index contributed by atoms with van der Waals surface area (Å²) in [4.78, 5) is 40.2. The molecule has 25 heavy (non-hydrogen) atoms. The molecule has 3 rings (SSSR count). The third-order valence-corrected chi connectivity index (χ3v) is 3.51. The molecule has 0 saturated heterocycles. The molecule has 0 aliphatic rings. The van der Waals surface area contributed by atoms with Gasteiger partial charge < -0.3 is 10.6 Å². The van der Waals surface area contributed by atoms with E-state index in [0.29, 0.717) is 10.9 Å². The number of fused-ring (bicyclic) bond motifs is 1. The number of hydrogen-bond acceptors (Lipinski definition) is 7. The van der Waals surface area contributed by atoms with Gasteiger partial charge in [-0.2, -0.15) is 0 Å². The maximum atomic E-state index is 12.5. The number of aromatic nitrogens is 4. The topological polar surface area (TPSA) is 132 Å². The first-order chi connectivity index (χ1) is 12.0. The van der Waals surface area contributed by atoms with Crippen molar-refractivity contribution in [3.63, 3.8) is 0 Å². The van der Waals surface area contributed by atoms with E-state index in [-0.39, 0.29) is 17.2 Å². The lowest BCUT2D eigenvalue weighted by molar-refractivity contribution is -0.119. The molecule has 2 N–H and O–H groups in total. The van der Waals surface area contributed by atoms with Crippen LogP contribution in [0.5, 0.6) is 0 Å². The lowest BCUT2D eigenvalue weighted by atomic mass is 10.2. The van der Waals surface area contributed by atoms with Crippen LogP contribution in [0.2, 0.25) is 0 Å². The Kier molecular flexibility index (Phi) is 4.25. The summed E-state index contributed by atoms with van der Waals surface area (Å²) in [6, 6.07) is 5.98. The SMILES string of the molecule is CC(=O)Nc1nonc1NC(=O)C(C)n1cnc2ccccc2c1=O. The molecule has 0 fully saturated rings. The zero-order valence-electron chi connectivity index (χ0n) is 13.4. The van der Waals surface area contributed by atoms with Crippen molar-refractivity contribution >= 4 is 34.4 Å². The van der Waals surface area contributed by atoms with Gasteiger partial charge in [0.2, 0.25) is 23.5 Å². The molecule has 0 aliphatic carbocycles. The van der Waals surface area contributed by atoms with Crippen LogP contribution in [0, 0.1) is 0 Å². The Labute approximate surface area is 140 Å². The lowest BCUT2D eigenvalue weighted by Gasteiger charge is -2.14. The first kappa shape index (κ1) is 16.3. The molecule has 0 radical (unpaired) electrons. The smallest absolute Gasteiger partial charge is 0.261 e. The highest BCUT2D eigenvalue weighted by atomic mass is 16.6. The third kappa shape index (κ3) is 3.22. The van der Waals surface area contributed by atoms with Crippen LogP contribution in [-0.4, -0.2) is 31.7 Å². The summed E-state index contributed by atoms with van der Waals surface area (Å²) in [6.07, 6.45) is 1.31. The fraction of sp³-hybridized carbons (Fsp3) is 0.200.